The number of aromatic nitrogens is 1. The molecule has 4 aromatic rings. The van der Waals surface area contributed by atoms with Crippen LogP contribution in [-0.4, -0.2) is 46.2 Å². The first-order valence-corrected chi connectivity index (χ1v) is 11.8. The fourth-order valence-electron chi connectivity index (χ4n) is 4.73. The number of hydrogen-bond acceptors (Lipinski definition) is 5. The Morgan fingerprint density at radius 3 is 2.54 bits per heavy atom. The second kappa shape index (κ2) is 7.71. The van der Waals surface area contributed by atoms with Gasteiger partial charge in [-0.05, 0) is 35.4 Å². The molecule has 3 aromatic carbocycles. The minimum absolute atomic E-state index is 0.0719. The molecule has 0 aliphatic carbocycles. The third-order valence-corrected chi connectivity index (χ3v) is 7.68. The number of nitrogens with one attached hydrogen (secondary N) is 1. The van der Waals surface area contributed by atoms with Crippen LogP contribution in [0, 0.1) is 5.82 Å². The average Bonchev–Trinajstić information content (AvgIpc) is 3.49. The highest BCUT2D eigenvalue weighted by atomic mass is 32.1. The molecule has 4 amide bonds. The number of carbonyl (C=O) groups excluding carboxylic acids is 3. The van der Waals surface area contributed by atoms with Crippen LogP contribution in [0.25, 0.3) is 20.8 Å². The molecule has 1 N–H and O–H groups in total. The summed E-state index contributed by atoms with van der Waals surface area (Å²) in [5.74, 6) is -1.32. The van der Waals surface area contributed by atoms with Gasteiger partial charge in [-0.1, -0.05) is 42.5 Å². The number of likely N-dealkylation sites (N-methyl/N-ethyl adjacent to an activating group) is 1. The van der Waals surface area contributed by atoms with E-state index in [4.69, 9.17) is 0 Å². The van der Waals surface area contributed by atoms with Crippen LogP contribution in [0.4, 0.5) is 9.18 Å². The van der Waals surface area contributed by atoms with Crippen LogP contribution in [0.1, 0.15) is 21.5 Å². The molecule has 3 heterocycles. The third kappa shape index (κ3) is 3.30. The molecule has 1 saturated heterocycles. The fourth-order valence-corrected chi connectivity index (χ4v) is 5.70. The summed E-state index contributed by atoms with van der Waals surface area (Å²) in [7, 11) is 1.41. The zero-order chi connectivity index (χ0) is 24.3. The first-order chi connectivity index (χ1) is 16.9. The number of halogens is 1. The van der Waals surface area contributed by atoms with E-state index in [0.717, 1.165) is 25.7 Å². The maximum Gasteiger partial charge on any atom is 0.325 e. The second-order valence-corrected chi connectivity index (χ2v) is 9.76. The Morgan fingerprint density at radius 2 is 1.83 bits per heavy atom. The molecule has 35 heavy (non-hydrogen) atoms. The SMILES string of the molecule is CN1C(=O)N[C@@](CN2Cc3ccc(F)cc3C2=O)(c2ccc(-c3nc4ccccc4s3)cc2)C1=O. The zero-order valence-electron chi connectivity index (χ0n) is 18.6. The molecule has 6 rings (SSSR count). The van der Waals surface area contributed by atoms with Gasteiger partial charge in [0.05, 0.1) is 16.8 Å². The van der Waals surface area contributed by atoms with Gasteiger partial charge >= 0.3 is 6.03 Å². The van der Waals surface area contributed by atoms with Gasteiger partial charge in [-0.2, -0.15) is 0 Å². The molecule has 1 aromatic heterocycles. The van der Waals surface area contributed by atoms with E-state index < -0.39 is 23.3 Å². The van der Waals surface area contributed by atoms with Gasteiger partial charge in [0, 0.05) is 24.7 Å². The molecule has 0 spiro atoms. The van der Waals surface area contributed by atoms with Crippen LogP contribution >= 0.6 is 11.3 Å². The van der Waals surface area contributed by atoms with E-state index in [2.05, 4.69) is 10.3 Å². The Labute approximate surface area is 203 Å². The topological polar surface area (TPSA) is 82.6 Å². The molecular formula is C26H19FN4O3S. The minimum atomic E-state index is -1.45. The van der Waals surface area contributed by atoms with E-state index in [-0.39, 0.29) is 24.6 Å². The highest BCUT2D eigenvalue weighted by Crippen LogP contribution is 2.36. The Balaban J connectivity index is 1.36. The number of hydrogen-bond donors (Lipinski definition) is 1. The van der Waals surface area contributed by atoms with Gasteiger partial charge < -0.3 is 10.2 Å². The Morgan fingerprint density at radius 1 is 1.06 bits per heavy atom. The van der Waals surface area contributed by atoms with E-state index >= 15 is 0 Å². The van der Waals surface area contributed by atoms with Gasteiger partial charge in [0.2, 0.25) is 0 Å². The first kappa shape index (κ1) is 21.4. The van der Waals surface area contributed by atoms with E-state index in [1.807, 2.05) is 36.4 Å². The van der Waals surface area contributed by atoms with Crippen LogP contribution < -0.4 is 5.32 Å². The number of imide groups is 1. The van der Waals surface area contributed by atoms with Crippen LogP contribution in [0.5, 0.6) is 0 Å². The lowest BCUT2D eigenvalue weighted by atomic mass is 9.88. The zero-order valence-corrected chi connectivity index (χ0v) is 19.4. The van der Waals surface area contributed by atoms with Gasteiger partial charge in [0.15, 0.2) is 5.54 Å². The molecule has 0 saturated carbocycles. The predicted octanol–water partition coefficient (Wildman–Crippen LogP) is 4.14. The summed E-state index contributed by atoms with van der Waals surface area (Å²) >= 11 is 1.57. The number of nitrogens with zero attached hydrogens (tertiary/aromatic N) is 3. The molecule has 1 atom stereocenters. The van der Waals surface area contributed by atoms with Crippen molar-refractivity contribution in [2.75, 3.05) is 13.6 Å². The maximum atomic E-state index is 13.7. The lowest BCUT2D eigenvalue weighted by Crippen LogP contribution is -2.52. The fraction of sp³-hybridized carbons (Fsp3) is 0.154. The number of benzene rings is 3. The monoisotopic (exact) mass is 486 g/mol. The van der Waals surface area contributed by atoms with E-state index in [9.17, 15) is 18.8 Å². The molecule has 1 fully saturated rings. The maximum absolute atomic E-state index is 13.7. The normalized spacial score (nSPS) is 19.5. The summed E-state index contributed by atoms with van der Waals surface area (Å²) in [5.41, 5.74) is 1.86. The molecule has 0 unspecified atom stereocenters. The Kier molecular flexibility index (Phi) is 4.72. The van der Waals surface area contributed by atoms with Crippen molar-refractivity contribution in [1.82, 2.24) is 20.1 Å². The van der Waals surface area contributed by atoms with E-state index in [1.54, 1.807) is 29.5 Å². The summed E-state index contributed by atoms with van der Waals surface area (Å²) in [6.45, 7) is 0.157. The van der Waals surface area contributed by atoms with Crippen molar-refractivity contribution in [1.29, 1.82) is 0 Å². The van der Waals surface area contributed by atoms with Crippen LogP contribution in [0.2, 0.25) is 0 Å². The largest absolute Gasteiger partial charge is 0.331 e. The van der Waals surface area contributed by atoms with E-state index in [0.29, 0.717) is 11.1 Å². The van der Waals surface area contributed by atoms with Gasteiger partial charge in [0.25, 0.3) is 11.8 Å². The Bertz CT molecular complexity index is 1500. The number of amides is 4. The summed E-state index contributed by atoms with van der Waals surface area (Å²) in [5, 5.41) is 3.65. The van der Waals surface area contributed by atoms with Gasteiger partial charge in [-0.25, -0.2) is 14.2 Å². The lowest BCUT2D eigenvalue weighted by molar-refractivity contribution is -0.131. The van der Waals surface area contributed by atoms with Crippen molar-refractivity contribution in [3.63, 3.8) is 0 Å². The quantitative estimate of drug-likeness (QED) is 0.440. The number of rotatable bonds is 4. The molecule has 174 valence electrons. The highest BCUT2D eigenvalue weighted by Gasteiger charge is 2.53. The predicted molar refractivity (Wildman–Crippen MR) is 129 cm³/mol. The minimum Gasteiger partial charge on any atom is -0.331 e. The molecule has 2 aliphatic heterocycles. The molecule has 2 aliphatic rings. The standard InChI is InChI=1S/C26H19FN4O3S/c1-30-24(33)26(29-25(30)34,14-31-13-16-8-11-18(27)12-19(16)23(31)32)17-9-6-15(7-10-17)22-28-20-4-2-3-5-21(20)35-22/h2-12H,13-14H2,1H3,(H,29,34)/t26-/m0/s1. The number of para-hydroxylation sites is 1. The van der Waals surface area contributed by atoms with Crippen molar-refractivity contribution in [2.24, 2.45) is 0 Å². The molecule has 0 radical (unpaired) electrons. The average molecular weight is 487 g/mol. The van der Waals surface area contributed by atoms with Gasteiger partial charge in [-0.3, -0.25) is 14.5 Å². The highest BCUT2D eigenvalue weighted by molar-refractivity contribution is 7.21. The number of carbonyl (C=O) groups is 3. The molecule has 0 bridgehead atoms. The third-order valence-electron chi connectivity index (χ3n) is 6.59. The van der Waals surface area contributed by atoms with Crippen LogP contribution in [0.3, 0.4) is 0 Å². The van der Waals surface area contributed by atoms with Crippen molar-refractivity contribution in [2.45, 2.75) is 12.1 Å². The summed E-state index contributed by atoms with van der Waals surface area (Å²) < 4.78 is 14.8. The number of urea groups is 1. The Hall–Kier alpha value is -4.11. The second-order valence-electron chi connectivity index (χ2n) is 8.73. The number of fused-ring (bicyclic) bond motifs is 2. The van der Waals surface area contributed by atoms with E-state index in [1.165, 1.54) is 24.1 Å². The van der Waals surface area contributed by atoms with Crippen LogP contribution in [-0.2, 0) is 16.9 Å². The van der Waals surface area contributed by atoms with Crippen molar-refractivity contribution in [3.05, 3.63) is 89.2 Å². The number of thiazole rings is 1. The van der Waals surface area contributed by atoms with Crippen LogP contribution in [0.15, 0.2) is 66.7 Å². The van der Waals surface area contributed by atoms with Gasteiger partial charge in [-0.15, -0.1) is 11.3 Å². The lowest BCUT2D eigenvalue weighted by Gasteiger charge is -2.31. The summed E-state index contributed by atoms with van der Waals surface area (Å²) in [6.07, 6.45) is 0. The molecule has 9 heteroatoms. The van der Waals surface area contributed by atoms with Crippen molar-refractivity contribution < 1.29 is 18.8 Å². The molecular weight excluding hydrogens is 467 g/mol. The van der Waals surface area contributed by atoms with Gasteiger partial charge in [0.1, 0.15) is 10.8 Å². The summed E-state index contributed by atoms with van der Waals surface area (Å²) in [6, 6.07) is 18.7. The first-order valence-electron chi connectivity index (χ1n) is 11.0. The molecule has 7 nitrogen and oxygen atoms in total. The summed E-state index contributed by atoms with van der Waals surface area (Å²) in [4.78, 5) is 46.1. The van der Waals surface area contributed by atoms with Crippen molar-refractivity contribution >= 4 is 39.4 Å². The smallest absolute Gasteiger partial charge is 0.325 e. The van der Waals surface area contributed by atoms with Crippen molar-refractivity contribution in [3.8, 4) is 10.6 Å².